The van der Waals surface area contributed by atoms with Crippen molar-refractivity contribution in [1.82, 2.24) is 0 Å². The van der Waals surface area contributed by atoms with Gasteiger partial charge in [0.05, 0.1) is 0 Å². The molecule has 0 heteroatoms. The lowest BCUT2D eigenvalue weighted by molar-refractivity contribution is 0.545. The molecule has 0 amide bonds. The molecule has 22 heavy (non-hydrogen) atoms. The number of hydrogen-bond acceptors (Lipinski definition) is 0. The highest BCUT2D eigenvalue weighted by molar-refractivity contribution is 4.67. The summed E-state index contributed by atoms with van der Waals surface area (Å²) in [5.41, 5.74) is 0. The van der Waals surface area contributed by atoms with Gasteiger partial charge in [-0.2, -0.15) is 0 Å². The molecule has 0 spiro atoms. The van der Waals surface area contributed by atoms with E-state index in [4.69, 9.17) is 0 Å². The van der Waals surface area contributed by atoms with Crippen molar-refractivity contribution in [3.05, 3.63) is 25.3 Å². The van der Waals surface area contributed by atoms with E-state index < -0.39 is 0 Å². The van der Waals surface area contributed by atoms with E-state index in [-0.39, 0.29) is 0 Å². The third-order valence-corrected chi connectivity index (χ3v) is 3.90. The van der Waals surface area contributed by atoms with Crippen LogP contribution in [0.5, 0.6) is 0 Å². The van der Waals surface area contributed by atoms with E-state index in [2.05, 4.69) is 33.9 Å². The zero-order valence-electron chi connectivity index (χ0n) is 16.0. The Morgan fingerprint density at radius 2 is 1.05 bits per heavy atom. The van der Waals surface area contributed by atoms with Crippen LogP contribution in [0.2, 0.25) is 0 Å². The van der Waals surface area contributed by atoms with Gasteiger partial charge in [-0.3, -0.25) is 0 Å². The number of hydrogen-bond donors (Lipinski definition) is 0. The first-order chi connectivity index (χ1) is 10.7. The molecule has 0 bridgehead atoms. The molecule has 0 unspecified atom stereocenters. The first-order valence-corrected chi connectivity index (χ1v) is 9.90. The highest BCUT2D eigenvalue weighted by Crippen LogP contribution is 2.12. The third-order valence-electron chi connectivity index (χ3n) is 3.90. The van der Waals surface area contributed by atoms with Crippen LogP contribution in [0.1, 0.15) is 111 Å². The van der Waals surface area contributed by atoms with Gasteiger partial charge >= 0.3 is 0 Å². The standard InChI is InChI=1S/C16H32.C6H12/c1-3-5-7-9-11-13-15-16-14-12-10-8-6-4-2;1-4-5-6(2)3/h3H,1,4-16H2,2H3;4,6H,1,5H2,2-3H3. The van der Waals surface area contributed by atoms with Crippen molar-refractivity contribution in [1.29, 1.82) is 0 Å². The SMILES string of the molecule is C=CCC(C)C.C=CCCCCCCCCCCCCCC. The van der Waals surface area contributed by atoms with Crippen LogP contribution in [-0.2, 0) is 0 Å². The molecule has 0 nitrogen and oxygen atoms in total. The highest BCUT2D eigenvalue weighted by atomic mass is 14.0. The van der Waals surface area contributed by atoms with E-state index in [1.165, 1.54) is 83.5 Å². The monoisotopic (exact) mass is 308 g/mol. The fourth-order valence-electron chi connectivity index (χ4n) is 2.46. The second-order valence-corrected chi connectivity index (χ2v) is 6.88. The van der Waals surface area contributed by atoms with Crippen molar-refractivity contribution >= 4 is 0 Å². The smallest absolute Gasteiger partial charge is 0.0330 e. The molecule has 0 aliphatic heterocycles. The molecule has 0 aromatic rings. The second kappa shape index (κ2) is 22.8. The number of unbranched alkanes of at least 4 members (excludes halogenated alkanes) is 12. The van der Waals surface area contributed by atoms with Crippen LogP contribution in [0.25, 0.3) is 0 Å². The molecule has 0 N–H and O–H groups in total. The maximum absolute atomic E-state index is 3.75. The fourth-order valence-corrected chi connectivity index (χ4v) is 2.46. The molecule has 0 fully saturated rings. The Bertz CT molecular complexity index is 202. The zero-order valence-corrected chi connectivity index (χ0v) is 16.0. The predicted octanol–water partition coefficient (Wildman–Crippen LogP) is 8.48. The van der Waals surface area contributed by atoms with Gasteiger partial charge in [0.25, 0.3) is 0 Å². The fraction of sp³-hybridized carbons (Fsp3) is 0.818. The minimum atomic E-state index is 0.780. The van der Waals surface area contributed by atoms with E-state index >= 15 is 0 Å². The lowest BCUT2D eigenvalue weighted by atomic mass is 10.0. The molecule has 0 rings (SSSR count). The third kappa shape index (κ3) is 27.8. The predicted molar refractivity (Wildman–Crippen MR) is 106 cm³/mol. The quantitative estimate of drug-likeness (QED) is 0.210. The van der Waals surface area contributed by atoms with Gasteiger partial charge < -0.3 is 0 Å². The van der Waals surface area contributed by atoms with Gasteiger partial charge in [0, 0.05) is 0 Å². The lowest BCUT2D eigenvalue weighted by Crippen LogP contribution is -1.82. The topological polar surface area (TPSA) is 0 Å². The van der Waals surface area contributed by atoms with Gasteiger partial charge in [0.1, 0.15) is 0 Å². The summed E-state index contributed by atoms with van der Waals surface area (Å²) >= 11 is 0. The van der Waals surface area contributed by atoms with E-state index in [1.54, 1.807) is 0 Å². The molecule has 0 aromatic heterocycles. The molecule has 0 radical (unpaired) electrons. The molecule has 132 valence electrons. The van der Waals surface area contributed by atoms with Crippen LogP contribution in [0, 0.1) is 5.92 Å². The average Bonchev–Trinajstić information content (AvgIpc) is 2.49. The van der Waals surface area contributed by atoms with Crippen molar-refractivity contribution in [2.24, 2.45) is 5.92 Å². The summed E-state index contributed by atoms with van der Waals surface area (Å²) in [6.07, 6.45) is 23.6. The minimum Gasteiger partial charge on any atom is -0.103 e. The molecule has 0 saturated heterocycles. The normalized spacial score (nSPS) is 10.2. The van der Waals surface area contributed by atoms with Crippen molar-refractivity contribution in [2.45, 2.75) is 111 Å². The minimum absolute atomic E-state index is 0.780. The Kier molecular flexibility index (Phi) is 24.6. The maximum Gasteiger partial charge on any atom is -0.0330 e. The van der Waals surface area contributed by atoms with Gasteiger partial charge in [-0.05, 0) is 25.2 Å². The lowest BCUT2D eigenvalue weighted by Gasteiger charge is -2.02. The highest BCUT2D eigenvalue weighted by Gasteiger charge is 1.92. The van der Waals surface area contributed by atoms with E-state index in [0.29, 0.717) is 0 Å². The van der Waals surface area contributed by atoms with Crippen molar-refractivity contribution in [3.8, 4) is 0 Å². The number of allylic oxidation sites excluding steroid dienone is 2. The van der Waals surface area contributed by atoms with Crippen LogP contribution in [-0.4, -0.2) is 0 Å². The summed E-state index contributed by atoms with van der Waals surface area (Å²) in [7, 11) is 0. The average molecular weight is 309 g/mol. The summed E-state index contributed by atoms with van der Waals surface area (Å²) in [5, 5.41) is 0. The molecular weight excluding hydrogens is 264 g/mol. The van der Waals surface area contributed by atoms with Crippen molar-refractivity contribution in [3.63, 3.8) is 0 Å². The van der Waals surface area contributed by atoms with Crippen LogP contribution >= 0.6 is 0 Å². The van der Waals surface area contributed by atoms with Crippen molar-refractivity contribution < 1.29 is 0 Å². The van der Waals surface area contributed by atoms with Crippen LogP contribution in [0.4, 0.5) is 0 Å². The summed E-state index contributed by atoms with van der Waals surface area (Å²) < 4.78 is 0. The molecule has 0 heterocycles. The Balaban J connectivity index is 0. The van der Waals surface area contributed by atoms with Crippen LogP contribution in [0.15, 0.2) is 25.3 Å². The molecule has 0 saturated carbocycles. The summed E-state index contributed by atoms with van der Waals surface area (Å²) in [4.78, 5) is 0. The maximum atomic E-state index is 3.75. The van der Waals surface area contributed by atoms with Gasteiger partial charge in [-0.1, -0.05) is 104 Å². The molecular formula is C22H44. The van der Waals surface area contributed by atoms with E-state index in [0.717, 1.165) is 12.3 Å². The summed E-state index contributed by atoms with van der Waals surface area (Å²) in [5.74, 6) is 0.780. The summed E-state index contributed by atoms with van der Waals surface area (Å²) in [6, 6.07) is 0. The van der Waals surface area contributed by atoms with E-state index in [1.807, 2.05) is 12.2 Å². The van der Waals surface area contributed by atoms with Gasteiger partial charge in [0.2, 0.25) is 0 Å². The Labute approximate surface area is 142 Å². The first-order valence-electron chi connectivity index (χ1n) is 9.90. The van der Waals surface area contributed by atoms with E-state index in [9.17, 15) is 0 Å². The molecule has 0 atom stereocenters. The molecule has 0 aromatic carbocycles. The first kappa shape index (κ1) is 23.7. The van der Waals surface area contributed by atoms with Gasteiger partial charge in [-0.25, -0.2) is 0 Å². The Morgan fingerprint density at radius 3 is 1.32 bits per heavy atom. The largest absolute Gasteiger partial charge is 0.103 e. The van der Waals surface area contributed by atoms with Crippen LogP contribution in [0.3, 0.4) is 0 Å². The Morgan fingerprint density at radius 1 is 0.636 bits per heavy atom. The molecule has 0 aliphatic carbocycles. The molecule has 0 aliphatic rings. The van der Waals surface area contributed by atoms with Gasteiger partial charge in [0.15, 0.2) is 0 Å². The Hall–Kier alpha value is -0.520. The second-order valence-electron chi connectivity index (χ2n) is 6.88. The van der Waals surface area contributed by atoms with Crippen molar-refractivity contribution in [2.75, 3.05) is 0 Å². The van der Waals surface area contributed by atoms with Gasteiger partial charge in [-0.15, -0.1) is 13.2 Å². The zero-order chi connectivity index (χ0) is 16.9. The van der Waals surface area contributed by atoms with Crippen LogP contribution < -0.4 is 0 Å². The summed E-state index contributed by atoms with van der Waals surface area (Å²) in [6.45, 7) is 14.0. The number of rotatable bonds is 15.